The molecule has 2 aromatic heterocycles. The molecule has 1 aliphatic heterocycles. The van der Waals surface area contributed by atoms with Gasteiger partial charge < -0.3 is 20.1 Å². The molecule has 0 radical (unpaired) electrons. The molecule has 3 rings (SSSR count). The van der Waals surface area contributed by atoms with E-state index >= 15 is 0 Å². The molecule has 3 heterocycles. The van der Waals surface area contributed by atoms with E-state index in [4.69, 9.17) is 9.84 Å². The standard InChI is InChI=1S/C12H15N5O6/c1-4(19)14-12-15-9-6(10(22)16-12)13-3-17(9)11-8(21)7(20)5(2-18)23-11/h3,5,7-8,11,18,20-21H,2H2,1H3,(H2,14,15,16,19,22). The van der Waals surface area contributed by atoms with Gasteiger partial charge in [0, 0.05) is 6.92 Å². The molecule has 1 amide bonds. The summed E-state index contributed by atoms with van der Waals surface area (Å²) < 4.78 is 6.65. The Morgan fingerprint density at radius 3 is 2.83 bits per heavy atom. The van der Waals surface area contributed by atoms with E-state index in [0.717, 1.165) is 0 Å². The molecule has 0 saturated carbocycles. The van der Waals surface area contributed by atoms with Crippen LogP contribution in [0.25, 0.3) is 11.2 Å². The number of aromatic amines is 1. The highest BCUT2D eigenvalue weighted by Gasteiger charge is 2.44. The number of aromatic nitrogens is 4. The van der Waals surface area contributed by atoms with Gasteiger partial charge in [0.15, 0.2) is 17.4 Å². The van der Waals surface area contributed by atoms with Crippen LogP contribution in [0.5, 0.6) is 0 Å². The van der Waals surface area contributed by atoms with Crippen molar-refractivity contribution in [2.75, 3.05) is 11.9 Å². The first-order chi connectivity index (χ1) is 10.9. The molecule has 23 heavy (non-hydrogen) atoms. The number of carbonyl (C=O) groups excluding carboxylic acids is 1. The van der Waals surface area contributed by atoms with Crippen LogP contribution in [0.1, 0.15) is 13.2 Å². The summed E-state index contributed by atoms with van der Waals surface area (Å²) in [6, 6.07) is 0. The van der Waals surface area contributed by atoms with Crippen molar-refractivity contribution in [1.29, 1.82) is 0 Å². The highest BCUT2D eigenvalue weighted by Crippen LogP contribution is 2.30. The van der Waals surface area contributed by atoms with Gasteiger partial charge in [-0.3, -0.25) is 24.5 Å². The van der Waals surface area contributed by atoms with Crippen LogP contribution < -0.4 is 10.9 Å². The summed E-state index contributed by atoms with van der Waals surface area (Å²) >= 11 is 0. The Labute approximate surface area is 128 Å². The largest absolute Gasteiger partial charge is 0.394 e. The monoisotopic (exact) mass is 325 g/mol. The maximum Gasteiger partial charge on any atom is 0.280 e. The molecule has 2 aromatic rings. The lowest BCUT2D eigenvalue weighted by Crippen LogP contribution is -2.33. The predicted octanol–water partition coefficient (Wildman–Crippen LogP) is -2.31. The molecule has 4 unspecified atom stereocenters. The molecule has 11 heteroatoms. The van der Waals surface area contributed by atoms with Crippen molar-refractivity contribution in [2.24, 2.45) is 0 Å². The summed E-state index contributed by atoms with van der Waals surface area (Å²) in [6.07, 6.45) is -3.45. The minimum Gasteiger partial charge on any atom is -0.394 e. The lowest BCUT2D eigenvalue weighted by Gasteiger charge is -2.16. The number of fused-ring (bicyclic) bond motifs is 1. The Balaban J connectivity index is 2.06. The Morgan fingerprint density at radius 2 is 2.22 bits per heavy atom. The predicted molar refractivity (Wildman–Crippen MR) is 75.5 cm³/mol. The van der Waals surface area contributed by atoms with E-state index < -0.39 is 42.6 Å². The van der Waals surface area contributed by atoms with Crippen LogP contribution in [0.3, 0.4) is 0 Å². The maximum absolute atomic E-state index is 12.0. The van der Waals surface area contributed by atoms with Gasteiger partial charge in [0.25, 0.3) is 5.56 Å². The van der Waals surface area contributed by atoms with Crippen LogP contribution in [0, 0.1) is 0 Å². The number of H-pyrrole nitrogens is 1. The highest BCUT2D eigenvalue weighted by atomic mass is 16.6. The molecule has 0 bridgehead atoms. The van der Waals surface area contributed by atoms with Crippen molar-refractivity contribution in [3.8, 4) is 0 Å². The molecule has 124 valence electrons. The number of hydrogen-bond acceptors (Lipinski definition) is 8. The Kier molecular flexibility index (Phi) is 3.85. The van der Waals surface area contributed by atoms with Crippen LogP contribution in [0.2, 0.25) is 0 Å². The second-order valence-electron chi connectivity index (χ2n) is 5.15. The number of aliphatic hydroxyl groups is 3. The quantitative estimate of drug-likeness (QED) is 0.420. The second kappa shape index (κ2) is 5.70. The van der Waals surface area contributed by atoms with Crippen molar-refractivity contribution in [2.45, 2.75) is 31.5 Å². The van der Waals surface area contributed by atoms with Gasteiger partial charge in [-0.05, 0) is 0 Å². The Morgan fingerprint density at radius 1 is 1.48 bits per heavy atom. The van der Waals surface area contributed by atoms with Crippen molar-refractivity contribution in [1.82, 2.24) is 19.5 Å². The van der Waals surface area contributed by atoms with Gasteiger partial charge in [-0.2, -0.15) is 4.98 Å². The third kappa shape index (κ3) is 2.59. The zero-order valence-electron chi connectivity index (χ0n) is 12.0. The zero-order chi connectivity index (χ0) is 16.7. The molecule has 4 atom stereocenters. The first-order valence-corrected chi connectivity index (χ1v) is 6.79. The van der Waals surface area contributed by atoms with Crippen molar-refractivity contribution < 1.29 is 24.9 Å². The number of nitrogens with zero attached hydrogens (tertiary/aromatic N) is 3. The number of aliphatic hydroxyl groups excluding tert-OH is 3. The van der Waals surface area contributed by atoms with E-state index in [9.17, 15) is 19.8 Å². The second-order valence-corrected chi connectivity index (χ2v) is 5.15. The third-order valence-electron chi connectivity index (χ3n) is 3.52. The first-order valence-electron chi connectivity index (χ1n) is 6.79. The smallest absolute Gasteiger partial charge is 0.280 e. The van der Waals surface area contributed by atoms with E-state index in [1.165, 1.54) is 17.8 Å². The van der Waals surface area contributed by atoms with Crippen LogP contribution >= 0.6 is 0 Å². The Hall–Kier alpha value is -2.34. The number of rotatable bonds is 3. The van der Waals surface area contributed by atoms with Gasteiger partial charge in [0.2, 0.25) is 11.9 Å². The topological polar surface area (TPSA) is 163 Å². The van der Waals surface area contributed by atoms with E-state index in [2.05, 4.69) is 20.3 Å². The van der Waals surface area contributed by atoms with Gasteiger partial charge in [0.05, 0.1) is 12.9 Å². The summed E-state index contributed by atoms with van der Waals surface area (Å²) in [5, 5.41) is 31.3. The number of imidazole rings is 1. The van der Waals surface area contributed by atoms with Gasteiger partial charge >= 0.3 is 0 Å². The summed E-state index contributed by atoms with van der Waals surface area (Å²) in [5.74, 6) is -0.505. The number of nitrogens with one attached hydrogen (secondary N) is 2. The summed E-state index contributed by atoms with van der Waals surface area (Å²) in [6.45, 7) is 0.778. The molecule has 1 saturated heterocycles. The minimum absolute atomic E-state index is 0.0168. The van der Waals surface area contributed by atoms with Crippen LogP contribution in [0.15, 0.2) is 11.1 Å². The molecule has 0 spiro atoms. The fourth-order valence-corrected chi connectivity index (χ4v) is 2.45. The van der Waals surface area contributed by atoms with Crippen molar-refractivity contribution in [3.63, 3.8) is 0 Å². The van der Waals surface area contributed by atoms with Crippen LogP contribution in [-0.4, -0.2) is 65.7 Å². The minimum atomic E-state index is -1.34. The normalized spacial score (nSPS) is 27.5. The van der Waals surface area contributed by atoms with Crippen LogP contribution in [-0.2, 0) is 9.53 Å². The number of hydrogen-bond donors (Lipinski definition) is 5. The number of ether oxygens (including phenoxy) is 1. The highest BCUT2D eigenvalue weighted by molar-refractivity contribution is 5.87. The Bertz CT molecular complexity index is 801. The number of carbonyl (C=O) groups is 1. The molecule has 1 aliphatic rings. The number of anilines is 1. The van der Waals surface area contributed by atoms with E-state index in [1.807, 2.05) is 0 Å². The van der Waals surface area contributed by atoms with Crippen molar-refractivity contribution in [3.05, 3.63) is 16.7 Å². The molecule has 0 aromatic carbocycles. The third-order valence-corrected chi connectivity index (χ3v) is 3.52. The summed E-state index contributed by atoms with van der Waals surface area (Å²) in [5.41, 5.74) is -0.534. The first kappa shape index (κ1) is 15.6. The average molecular weight is 325 g/mol. The van der Waals surface area contributed by atoms with Crippen molar-refractivity contribution >= 4 is 23.0 Å². The lowest BCUT2D eigenvalue weighted by molar-refractivity contribution is -0.114. The fraction of sp³-hybridized carbons (Fsp3) is 0.500. The SMILES string of the molecule is CC(=O)Nc1nc2c(ncn2C2OC(CO)C(O)C2O)c(=O)[nH]1. The average Bonchev–Trinajstić information content (AvgIpc) is 3.01. The molecule has 0 aliphatic carbocycles. The van der Waals surface area contributed by atoms with E-state index in [1.54, 1.807) is 0 Å². The zero-order valence-corrected chi connectivity index (χ0v) is 12.0. The maximum atomic E-state index is 12.0. The van der Waals surface area contributed by atoms with Crippen LogP contribution in [0.4, 0.5) is 5.95 Å². The fourth-order valence-electron chi connectivity index (χ4n) is 2.45. The van der Waals surface area contributed by atoms with Gasteiger partial charge in [0.1, 0.15) is 18.3 Å². The molecular formula is C12H15N5O6. The molecule has 11 nitrogen and oxygen atoms in total. The molecule has 5 N–H and O–H groups in total. The number of amides is 1. The van der Waals surface area contributed by atoms with Gasteiger partial charge in [-0.1, -0.05) is 0 Å². The molecular weight excluding hydrogens is 310 g/mol. The lowest BCUT2D eigenvalue weighted by atomic mass is 10.1. The molecule has 1 fully saturated rings. The summed E-state index contributed by atoms with van der Waals surface area (Å²) in [7, 11) is 0. The summed E-state index contributed by atoms with van der Waals surface area (Å²) in [4.78, 5) is 33.4. The van der Waals surface area contributed by atoms with E-state index in [0.29, 0.717) is 0 Å². The van der Waals surface area contributed by atoms with E-state index in [-0.39, 0.29) is 17.1 Å². The van der Waals surface area contributed by atoms with Gasteiger partial charge in [-0.15, -0.1) is 0 Å². The van der Waals surface area contributed by atoms with Gasteiger partial charge in [-0.25, -0.2) is 4.98 Å².